The van der Waals surface area contributed by atoms with E-state index in [4.69, 9.17) is 0 Å². The van der Waals surface area contributed by atoms with Crippen LogP contribution in [0, 0.1) is 18.3 Å². The molecule has 3 heterocycles. The van der Waals surface area contributed by atoms with Gasteiger partial charge in [0.1, 0.15) is 11.7 Å². The number of rotatable bonds is 7. The van der Waals surface area contributed by atoms with Crippen molar-refractivity contribution >= 4 is 11.9 Å². The number of aliphatic carboxylic acids is 1. The largest absolute Gasteiger partial charge is 0.480 e. The lowest BCUT2D eigenvalue weighted by molar-refractivity contribution is -0.137. The first-order valence-corrected chi connectivity index (χ1v) is 10.1. The summed E-state index contributed by atoms with van der Waals surface area (Å²) in [6.07, 6.45) is 1.74. The molecular formula is C23H20N8O2. The summed E-state index contributed by atoms with van der Waals surface area (Å²) in [5, 5.41) is 29.7. The van der Waals surface area contributed by atoms with Crippen molar-refractivity contribution in [1.82, 2.24) is 29.9 Å². The van der Waals surface area contributed by atoms with E-state index in [2.05, 4.69) is 36.7 Å². The number of carbonyl (C=O) groups is 1. The Kier molecular flexibility index (Phi) is 6.04. The van der Waals surface area contributed by atoms with Crippen molar-refractivity contribution < 1.29 is 9.90 Å². The van der Waals surface area contributed by atoms with Crippen molar-refractivity contribution in [2.45, 2.75) is 26.4 Å². The summed E-state index contributed by atoms with van der Waals surface area (Å²) in [7, 11) is 0. The zero-order valence-corrected chi connectivity index (χ0v) is 18.0. The molecule has 0 radical (unpaired) electrons. The lowest BCUT2D eigenvalue weighted by atomic mass is 10.1. The molecule has 4 aromatic rings. The van der Waals surface area contributed by atoms with E-state index in [9.17, 15) is 15.2 Å². The van der Waals surface area contributed by atoms with Crippen molar-refractivity contribution in [2.75, 3.05) is 5.32 Å². The van der Waals surface area contributed by atoms with Crippen LogP contribution in [-0.4, -0.2) is 47.1 Å². The van der Waals surface area contributed by atoms with Crippen LogP contribution in [0.3, 0.4) is 0 Å². The summed E-state index contributed by atoms with van der Waals surface area (Å²) in [6, 6.07) is 15.7. The van der Waals surface area contributed by atoms with Gasteiger partial charge in [-0.1, -0.05) is 23.4 Å². The summed E-state index contributed by atoms with van der Waals surface area (Å²) >= 11 is 0. The fourth-order valence-corrected chi connectivity index (χ4v) is 3.14. The summed E-state index contributed by atoms with van der Waals surface area (Å²) < 4.78 is 1.65. The Hall–Kier alpha value is -4.65. The van der Waals surface area contributed by atoms with Gasteiger partial charge in [-0.2, -0.15) is 5.26 Å². The van der Waals surface area contributed by atoms with Crippen LogP contribution >= 0.6 is 0 Å². The average Bonchev–Trinajstić information content (AvgIpc) is 3.27. The molecule has 0 aliphatic rings. The molecule has 10 nitrogen and oxygen atoms in total. The molecule has 0 spiro atoms. The van der Waals surface area contributed by atoms with Gasteiger partial charge in [0.15, 0.2) is 0 Å². The topological polar surface area (TPSA) is 142 Å². The molecule has 0 aliphatic heterocycles. The first-order valence-electron chi connectivity index (χ1n) is 10.1. The van der Waals surface area contributed by atoms with Gasteiger partial charge < -0.3 is 10.4 Å². The number of hydrogen-bond donors (Lipinski definition) is 2. The molecule has 2 N–H and O–H groups in total. The van der Waals surface area contributed by atoms with Crippen LogP contribution in [0.1, 0.15) is 23.9 Å². The predicted octanol–water partition coefficient (Wildman–Crippen LogP) is 2.91. The number of pyridine rings is 1. The number of hydrogen-bond acceptors (Lipinski definition) is 8. The van der Waals surface area contributed by atoms with Crippen molar-refractivity contribution in [3.8, 4) is 28.7 Å². The van der Waals surface area contributed by atoms with E-state index in [-0.39, 0.29) is 5.95 Å². The summed E-state index contributed by atoms with van der Waals surface area (Å²) in [5.41, 5.74) is 4.42. The van der Waals surface area contributed by atoms with Gasteiger partial charge in [0.05, 0.1) is 41.5 Å². The molecule has 1 aromatic carbocycles. The second kappa shape index (κ2) is 9.23. The molecule has 0 saturated heterocycles. The number of benzene rings is 1. The third kappa shape index (κ3) is 5.16. The quantitative estimate of drug-likeness (QED) is 0.443. The zero-order chi connectivity index (χ0) is 23.4. The smallest absolute Gasteiger partial charge is 0.325 e. The van der Waals surface area contributed by atoms with E-state index in [1.165, 1.54) is 6.92 Å². The third-order valence-electron chi connectivity index (χ3n) is 4.80. The first kappa shape index (κ1) is 21.6. The highest BCUT2D eigenvalue weighted by Crippen LogP contribution is 2.25. The molecule has 0 amide bonds. The summed E-state index contributed by atoms with van der Waals surface area (Å²) in [5.74, 6) is -0.900. The minimum atomic E-state index is -1.03. The van der Waals surface area contributed by atoms with Crippen LogP contribution < -0.4 is 5.32 Å². The van der Waals surface area contributed by atoms with Crippen LogP contribution in [0.5, 0.6) is 0 Å². The van der Waals surface area contributed by atoms with Crippen LogP contribution in [0.25, 0.3) is 22.6 Å². The highest BCUT2D eigenvalue weighted by molar-refractivity contribution is 5.76. The standard InChI is InChI=1S/C23H20N8O2/c1-14-5-3-8-18(25-14)12-31-13-21(29-30-31)20-10-19(17-7-4-6-16(9-17)11-24)27-23(28-20)26-15(2)22(32)33/h3-10,13,15H,12H2,1-2H3,(H,32,33)(H,26,27,28)/t15-/m0/s1. The van der Waals surface area contributed by atoms with Crippen LogP contribution in [-0.2, 0) is 11.3 Å². The SMILES string of the molecule is Cc1cccc(Cn2cc(-c3cc(-c4cccc(C#N)c4)nc(N[C@@H](C)C(=O)O)n3)nn2)n1. The number of carboxylic acid groups (broad SMARTS) is 1. The minimum absolute atomic E-state index is 0.134. The molecule has 33 heavy (non-hydrogen) atoms. The van der Waals surface area contributed by atoms with Gasteiger partial charge >= 0.3 is 5.97 Å². The van der Waals surface area contributed by atoms with Gasteiger partial charge in [-0.05, 0) is 44.2 Å². The van der Waals surface area contributed by atoms with Crippen LogP contribution in [0.4, 0.5) is 5.95 Å². The summed E-state index contributed by atoms with van der Waals surface area (Å²) in [6.45, 7) is 3.87. The third-order valence-corrected chi connectivity index (χ3v) is 4.80. The molecule has 4 rings (SSSR count). The zero-order valence-electron chi connectivity index (χ0n) is 18.0. The number of aromatic nitrogens is 6. The molecular weight excluding hydrogens is 420 g/mol. The Morgan fingerprint density at radius 2 is 1.91 bits per heavy atom. The summed E-state index contributed by atoms with van der Waals surface area (Å²) in [4.78, 5) is 24.7. The van der Waals surface area contributed by atoms with Gasteiger partial charge in [0.25, 0.3) is 0 Å². The van der Waals surface area contributed by atoms with Gasteiger partial charge in [-0.15, -0.1) is 5.10 Å². The highest BCUT2D eigenvalue weighted by Gasteiger charge is 2.16. The van der Waals surface area contributed by atoms with E-state index in [1.807, 2.05) is 31.2 Å². The van der Waals surface area contributed by atoms with Gasteiger partial charge in [0, 0.05) is 11.3 Å². The fourth-order valence-electron chi connectivity index (χ4n) is 3.14. The number of carboxylic acids is 1. The maximum Gasteiger partial charge on any atom is 0.325 e. The van der Waals surface area contributed by atoms with E-state index in [1.54, 1.807) is 35.1 Å². The normalized spacial score (nSPS) is 11.5. The molecule has 164 valence electrons. The molecule has 0 saturated carbocycles. The number of nitrogens with zero attached hydrogens (tertiary/aromatic N) is 7. The van der Waals surface area contributed by atoms with Crippen molar-refractivity contribution in [3.63, 3.8) is 0 Å². The van der Waals surface area contributed by atoms with Gasteiger partial charge in [-0.3, -0.25) is 9.78 Å². The molecule has 0 bridgehead atoms. The monoisotopic (exact) mass is 440 g/mol. The predicted molar refractivity (Wildman–Crippen MR) is 120 cm³/mol. The van der Waals surface area contributed by atoms with Crippen molar-refractivity contribution in [3.05, 3.63) is 71.7 Å². The Labute approximate surface area is 189 Å². The minimum Gasteiger partial charge on any atom is -0.480 e. The van der Waals surface area contributed by atoms with Crippen LogP contribution in [0.2, 0.25) is 0 Å². The fraction of sp³-hybridized carbons (Fsp3) is 0.174. The lowest BCUT2D eigenvalue weighted by Crippen LogP contribution is -2.26. The number of anilines is 1. The lowest BCUT2D eigenvalue weighted by Gasteiger charge is -2.12. The highest BCUT2D eigenvalue weighted by atomic mass is 16.4. The van der Waals surface area contributed by atoms with Crippen molar-refractivity contribution in [2.24, 2.45) is 0 Å². The number of nitriles is 1. The van der Waals surface area contributed by atoms with E-state index in [0.29, 0.717) is 34.8 Å². The van der Waals surface area contributed by atoms with E-state index in [0.717, 1.165) is 11.4 Å². The van der Waals surface area contributed by atoms with Crippen molar-refractivity contribution in [1.29, 1.82) is 5.26 Å². The van der Waals surface area contributed by atoms with Gasteiger partial charge in [0.2, 0.25) is 5.95 Å². The number of aryl methyl sites for hydroxylation is 1. The molecule has 1 atom stereocenters. The first-order chi connectivity index (χ1) is 15.9. The average molecular weight is 440 g/mol. The molecule has 3 aromatic heterocycles. The number of nitrogens with one attached hydrogen (secondary N) is 1. The maximum atomic E-state index is 11.3. The Balaban J connectivity index is 1.71. The van der Waals surface area contributed by atoms with Gasteiger partial charge in [-0.25, -0.2) is 14.6 Å². The Morgan fingerprint density at radius 1 is 1.12 bits per heavy atom. The molecule has 0 aliphatic carbocycles. The Morgan fingerprint density at radius 3 is 2.67 bits per heavy atom. The molecule has 0 fully saturated rings. The Bertz CT molecular complexity index is 1360. The van der Waals surface area contributed by atoms with E-state index < -0.39 is 12.0 Å². The second-order valence-corrected chi connectivity index (χ2v) is 7.43. The van der Waals surface area contributed by atoms with E-state index >= 15 is 0 Å². The second-order valence-electron chi connectivity index (χ2n) is 7.43. The molecule has 10 heteroatoms. The van der Waals surface area contributed by atoms with Crippen LogP contribution in [0.15, 0.2) is 54.7 Å². The molecule has 0 unspecified atom stereocenters. The maximum absolute atomic E-state index is 11.3.